The van der Waals surface area contributed by atoms with Gasteiger partial charge in [0.1, 0.15) is 6.29 Å². The molecule has 1 amide bonds. The third-order valence-electron chi connectivity index (χ3n) is 4.24. The number of hydrogen-bond donors (Lipinski definition) is 3. The first-order valence-corrected chi connectivity index (χ1v) is 8.27. The largest absolute Gasteiger partial charge is 0.361 e. The minimum atomic E-state index is -0.711. The van der Waals surface area contributed by atoms with E-state index in [2.05, 4.69) is 10.3 Å². The van der Waals surface area contributed by atoms with Gasteiger partial charge < -0.3 is 20.8 Å². The molecule has 0 spiro atoms. The SMILES string of the molecule is N[C@@H](Cc1c[nH]c2ccccc12)C(=O)N[C@H](C=O)Cc1ccccc1. The number of H-pyrrole nitrogens is 1. The number of benzene rings is 2. The maximum absolute atomic E-state index is 12.4. The number of para-hydroxylation sites is 1. The highest BCUT2D eigenvalue weighted by molar-refractivity contribution is 5.87. The molecular formula is C20H21N3O2. The van der Waals surface area contributed by atoms with Crippen molar-refractivity contribution in [2.75, 3.05) is 0 Å². The second kappa shape index (κ2) is 7.77. The van der Waals surface area contributed by atoms with Crippen LogP contribution in [0.5, 0.6) is 0 Å². The molecule has 1 aromatic heterocycles. The van der Waals surface area contributed by atoms with Crippen LogP contribution in [0.3, 0.4) is 0 Å². The smallest absolute Gasteiger partial charge is 0.237 e. The van der Waals surface area contributed by atoms with Gasteiger partial charge in [0, 0.05) is 17.1 Å². The van der Waals surface area contributed by atoms with Gasteiger partial charge in [0.05, 0.1) is 12.1 Å². The molecule has 2 atom stereocenters. The van der Waals surface area contributed by atoms with Gasteiger partial charge in [0.2, 0.25) is 5.91 Å². The number of hydrogen-bond acceptors (Lipinski definition) is 3. The number of amides is 1. The Labute approximate surface area is 146 Å². The van der Waals surface area contributed by atoms with Gasteiger partial charge in [-0.3, -0.25) is 4.79 Å². The molecule has 128 valence electrons. The molecule has 4 N–H and O–H groups in total. The average molecular weight is 335 g/mol. The third-order valence-corrected chi connectivity index (χ3v) is 4.24. The predicted octanol–water partition coefficient (Wildman–Crippen LogP) is 1.96. The number of carbonyl (C=O) groups excluding carboxylic acids is 2. The molecule has 5 nitrogen and oxygen atoms in total. The maximum atomic E-state index is 12.4. The van der Waals surface area contributed by atoms with Crippen LogP contribution in [0.15, 0.2) is 60.8 Å². The summed E-state index contributed by atoms with van der Waals surface area (Å²) in [6, 6.07) is 16.2. The lowest BCUT2D eigenvalue weighted by Gasteiger charge is -2.16. The topological polar surface area (TPSA) is 88.0 Å². The van der Waals surface area contributed by atoms with Crippen LogP contribution in [0.1, 0.15) is 11.1 Å². The summed E-state index contributed by atoms with van der Waals surface area (Å²) >= 11 is 0. The number of nitrogens with one attached hydrogen (secondary N) is 2. The standard InChI is InChI=1S/C20H21N3O2/c21-18(11-15-12-22-19-9-5-4-8-17(15)19)20(25)23-16(13-24)10-14-6-2-1-3-7-14/h1-9,12-13,16,18,22H,10-11,21H2,(H,23,25)/t16-,18-/m0/s1. The van der Waals surface area contributed by atoms with Gasteiger partial charge in [0.15, 0.2) is 0 Å². The van der Waals surface area contributed by atoms with E-state index in [9.17, 15) is 9.59 Å². The first-order chi connectivity index (χ1) is 12.2. The van der Waals surface area contributed by atoms with E-state index in [1.165, 1.54) is 0 Å². The average Bonchev–Trinajstić information content (AvgIpc) is 3.05. The van der Waals surface area contributed by atoms with Crippen molar-refractivity contribution in [2.24, 2.45) is 5.73 Å². The van der Waals surface area contributed by atoms with Crippen LogP contribution >= 0.6 is 0 Å². The van der Waals surface area contributed by atoms with E-state index in [1.807, 2.05) is 60.8 Å². The van der Waals surface area contributed by atoms with E-state index >= 15 is 0 Å². The van der Waals surface area contributed by atoms with E-state index in [-0.39, 0.29) is 5.91 Å². The predicted molar refractivity (Wildman–Crippen MR) is 98.1 cm³/mol. The van der Waals surface area contributed by atoms with Crippen LogP contribution in [-0.4, -0.2) is 29.3 Å². The first kappa shape index (κ1) is 16.9. The molecule has 2 aromatic carbocycles. The fourth-order valence-corrected chi connectivity index (χ4v) is 2.92. The van der Waals surface area contributed by atoms with Crippen molar-refractivity contribution in [3.05, 3.63) is 71.9 Å². The summed E-state index contributed by atoms with van der Waals surface area (Å²) in [5.74, 6) is -0.321. The van der Waals surface area contributed by atoms with E-state index in [0.29, 0.717) is 12.8 Å². The Morgan fingerprint density at radius 1 is 1.08 bits per heavy atom. The number of aromatic amines is 1. The van der Waals surface area contributed by atoms with E-state index in [1.54, 1.807) is 0 Å². The van der Waals surface area contributed by atoms with Gasteiger partial charge in [-0.2, -0.15) is 0 Å². The van der Waals surface area contributed by atoms with Crippen LogP contribution in [-0.2, 0) is 22.4 Å². The molecule has 0 aliphatic carbocycles. The molecule has 0 saturated heterocycles. The van der Waals surface area contributed by atoms with Crippen LogP contribution in [0, 0.1) is 0 Å². The number of nitrogens with two attached hydrogens (primary N) is 1. The van der Waals surface area contributed by atoms with Crippen LogP contribution < -0.4 is 11.1 Å². The number of rotatable bonds is 7. The number of fused-ring (bicyclic) bond motifs is 1. The van der Waals surface area contributed by atoms with Gasteiger partial charge in [-0.15, -0.1) is 0 Å². The molecule has 1 heterocycles. The minimum Gasteiger partial charge on any atom is -0.361 e. The maximum Gasteiger partial charge on any atom is 0.237 e. The Morgan fingerprint density at radius 2 is 1.80 bits per heavy atom. The molecule has 0 aliphatic heterocycles. The van der Waals surface area contributed by atoms with E-state index in [0.717, 1.165) is 28.3 Å². The molecule has 0 fully saturated rings. The highest BCUT2D eigenvalue weighted by Gasteiger charge is 2.19. The van der Waals surface area contributed by atoms with Crippen molar-refractivity contribution in [3.63, 3.8) is 0 Å². The summed E-state index contributed by atoms with van der Waals surface area (Å²) in [4.78, 5) is 26.8. The summed E-state index contributed by atoms with van der Waals surface area (Å²) < 4.78 is 0. The van der Waals surface area contributed by atoms with Crippen molar-refractivity contribution >= 4 is 23.1 Å². The van der Waals surface area contributed by atoms with Crippen LogP contribution in [0.4, 0.5) is 0 Å². The zero-order chi connectivity index (χ0) is 17.6. The molecule has 3 aromatic rings. The van der Waals surface area contributed by atoms with Gasteiger partial charge >= 0.3 is 0 Å². The van der Waals surface area contributed by atoms with Crippen molar-refractivity contribution < 1.29 is 9.59 Å². The summed E-state index contributed by atoms with van der Waals surface area (Å²) in [6.07, 6.45) is 3.49. The van der Waals surface area contributed by atoms with Crippen molar-refractivity contribution in [3.8, 4) is 0 Å². The first-order valence-electron chi connectivity index (χ1n) is 8.27. The monoisotopic (exact) mass is 335 g/mol. The lowest BCUT2D eigenvalue weighted by atomic mass is 10.0. The molecule has 5 heteroatoms. The Balaban J connectivity index is 1.62. The lowest BCUT2D eigenvalue weighted by molar-refractivity contribution is -0.125. The van der Waals surface area contributed by atoms with E-state index in [4.69, 9.17) is 5.73 Å². The second-order valence-electron chi connectivity index (χ2n) is 6.11. The number of aromatic nitrogens is 1. The van der Waals surface area contributed by atoms with Crippen molar-refractivity contribution in [1.29, 1.82) is 0 Å². The fraction of sp³-hybridized carbons (Fsp3) is 0.200. The summed E-state index contributed by atoms with van der Waals surface area (Å²) in [6.45, 7) is 0. The summed E-state index contributed by atoms with van der Waals surface area (Å²) in [7, 11) is 0. The summed E-state index contributed by atoms with van der Waals surface area (Å²) in [5.41, 5.74) is 9.05. The van der Waals surface area contributed by atoms with Crippen molar-refractivity contribution in [1.82, 2.24) is 10.3 Å². The fourth-order valence-electron chi connectivity index (χ4n) is 2.92. The molecule has 0 bridgehead atoms. The highest BCUT2D eigenvalue weighted by Crippen LogP contribution is 2.18. The molecule has 3 rings (SSSR count). The lowest BCUT2D eigenvalue weighted by Crippen LogP contribution is -2.47. The molecular weight excluding hydrogens is 314 g/mol. The molecule has 25 heavy (non-hydrogen) atoms. The molecule has 0 saturated carbocycles. The highest BCUT2D eigenvalue weighted by atomic mass is 16.2. The normalized spacial score (nSPS) is 13.3. The van der Waals surface area contributed by atoms with Gasteiger partial charge in [0.25, 0.3) is 0 Å². The Kier molecular flexibility index (Phi) is 5.26. The molecule has 0 unspecified atom stereocenters. The number of aldehydes is 1. The zero-order valence-electron chi connectivity index (χ0n) is 13.8. The third kappa shape index (κ3) is 4.14. The van der Waals surface area contributed by atoms with Crippen LogP contribution in [0.25, 0.3) is 10.9 Å². The Hall–Kier alpha value is -2.92. The van der Waals surface area contributed by atoms with Crippen LogP contribution in [0.2, 0.25) is 0 Å². The summed E-state index contributed by atoms with van der Waals surface area (Å²) in [5, 5.41) is 3.79. The van der Waals surface area contributed by atoms with Gasteiger partial charge in [-0.25, -0.2) is 0 Å². The second-order valence-corrected chi connectivity index (χ2v) is 6.11. The Bertz CT molecular complexity index is 858. The quantitative estimate of drug-likeness (QED) is 0.577. The number of carbonyl (C=O) groups is 2. The zero-order valence-corrected chi connectivity index (χ0v) is 13.8. The Morgan fingerprint density at radius 3 is 2.56 bits per heavy atom. The molecule has 0 aliphatic rings. The van der Waals surface area contributed by atoms with Gasteiger partial charge in [-0.1, -0.05) is 48.5 Å². The van der Waals surface area contributed by atoms with Crippen molar-refractivity contribution in [2.45, 2.75) is 24.9 Å². The molecule has 0 radical (unpaired) electrons. The minimum absolute atomic E-state index is 0.321. The van der Waals surface area contributed by atoms with Gasteiger partial charge in [-0.05, 0) is 30.0 Å². The van der Waals surface area contributed by atoms with E-state index < -0.39 is 12.1 Å².